The second kappa shape index (κ2) is 3.38. The van der Waals surface area contributed by atoms with E-state index in [2.05, 4.69) is 0 Å². The molecule has 3 heteroatoms. The normalized spacial score (nSPS) is 10.2. The van der Waals surface area contributed by atoms with Gasteiger partial charge in [-0.25, -0.2) is 4.79 Å². The molecule has 1 aromatic carbocycles. The fourth-order valence-electron chi connectivity index (χ4n) is 1.23. The fourth-order valence-corrected chi connectivity index (χ4v) is 1.48. The number of halogens is 1. The highest BCUT2D eigenvalue weighted by Gasteiger charge is 2.13. The van der Waals surface area contributed by atoms with Gasteiger partial charge in [-0.3, -0.25) is 0 Å². The van der Waals surface area contributed by atoms with Crippen molar-refractivity contribution in [1.82, 2.24) is 0 Å². The molecule has 0 radical (unpaired) electrons. The van der Waals surface area contributed by atoms with Gasteiger partial charge in [0.05, 0.1) is 5.56 Å². The molecule has 0 saturated carbocycles. The third kappa shape index (κ3) is 1.68. The molecule has 1 aromatic rings. The van der Waals surface area contributed by atoms with Crippen LogP contribution < -0.4 is 0 Å². The number of carbonyl (C=O) groups is 1. The molecule has 1 rings (SSSR count). The summed E-state index contributed by atoms with van der Waals surface area (Å²) in [4.78, 5) is 10.8. The number of aromatic carboxylic acids is 1. The van der Waals surface area contributed by atoms with Gasteiger partial charge in [-0.2, -0.15) is 0 Å². The predicted molar refractivity (Wildman–Crippen MR) is 52.6 cm³/mol. The molecule has 0 aliphatic carbocycles. The van der Waals surface area contributed by atoms with Crippen molar-refractivity contribution in [3.63, 3.8) is 0 Å². The van der Waals surface area contributed by atoms with Crippen molar-refractivity contribution in [2.24, 2.45) is 0 Å². The van der Waals surface area contributed by atoms with E-state index in [0.29, 0.717) is 10.6 Å². The fraction of sp³-hybridized carbons (Fsp3) is 0.300. The van der Waals surface area contributed by atoms with Crippen LogP contribution in [-0.2, 0) is 0 Å². The van der Waals surface area contributed by atoms with Crippen molar-refractivity contribution in [2.75, 3.05) is 0 Å². The molecule has 0 aliphatic heterocycles. The second-order valence-electron chi connectivity index (χ2n) is 3.11. The van der Waals surface area contributed by atoms with E-state index in [1.165, 1.54) is 0 Å². The van der Waals surface area contributed by atoms with Crippen LogP contribution in [0.25, 0.3) is 0 Å². The molecule has 2 nitrogen and oxygen atoms in total. The van der Waals surface area contributed by atoms with Crippen LogP contribution in [0.4, 0.5) is 0 Å². The van der Waals surface area contributed by atoms with E-state index in [0.717, 1.165) is 11.1 Å². The molecule has 0 fully saturated rings. The van der Waals surface area contributed by atoms with E-state index >= 15 is 0 Å². The summed E-state index contributed by atoms with van der Waals surface area (Å²) in [7, 11) is 0. The van der Waals surface area contributed by atoms with Crippen molar-refractivity contribution in [3.05, 3.63) is 33.3 Å². The molecule has 0 bridgehead atoms. The summed E-state index contributed by atoms with van der Waals surface area (Å²) in [6, 6.07) is 1.65. The van der Waals surface area contributed by atoms with E-state index in [1.807, 2.05) is 13.8 Å². The first-order chi connectivity index (χ1) is 5.95. The molecular formula is C10H11ClO2. The van der Waals surface area contributed by atoms with Crippen molar-refractivity contribution < 1.29 is 9.90 Å². The maximum atomic E-state index is 10.8. The second-order valence-corrected chi connectivity index (χ2v) is 3.49. The number of carboxylic acid groups (broad SMARTS) is 1. The topological polar surface area (TPSA) is 37.3 Å². The van der Waals surface area contributed by atoms with Crippen LogP contribution in [0.5, 0.6) is 0 Å². The third-order valence-electron chi connectivity index (χ3n) is 2.25. The number of hydrogen-bond donors (Lipinski definition) is 1. The molecule has 1 N–H and O–H groups in total. The molecule has 0 saturated heterocycles. The van der Waals surface area contributed by atoms with Gasteiger partial charge in [-0.15, -0.1) is 0 Å². The number of hydrogen-bond acceptors (Lipinski definition) is 1. The van der Waals surface area contributed by atoms with Gasteiger partial charge in [0.15, 0.2) is 0 Å². The summed E-state index contributed by atoms with van der Waals surface area (Å²) in [5.41, 5.74) is 2.78. The lowest BCUT2D eigenvalue weighted by molar-refractivity contribution is 0.0696. The highest BCUT2D eigenvalue weighted by atomic mass is 35.5. The average Bonchev–Trinajstić information content (AvgIpc) is 2.07. The number of aryl methyl sites for hydroxylation is 1. The zero-order chi connectivity index (χ0) is 10.2. The first-order valence-electron chi connectivity index (χ1n) is 3.94. The molecule has 0 aromatic heterocycles. The van der Waals surface area contributed by atoms with Gasteiger partial charge < -0.3 is 5.11 Å². The summed E-state index contributed by atoms with van der Waals surface area (Å²) < 4.78 is 0. The molecule has 0 heterocycles. The van der Waals surface area contributed by atoms with Crippen LogP contribution in [0.3, 0.4) is 0 Å². The Hall–Kier alpha value is -1.02. The van der Waals surface area contributed by atoms with Gasteiger partial charge in [0.1, 0.15) is 0 Å². The SMILES string of the molecule is Cc1cc(C(=O)O)c(C)c(Cl)c1C. The first-order valence-corrected chi connectivity index (χ1v) is 4.32. The van der Waals surface area contributed by atoms with E-state index in [1.54, 1.807) is 13.0 Å². The Labute approximate surface area is 82.2 Å². The smallest absolute Gasteiger partial charge is 0.336 e. The summed E-state index contributed by atoms with van der Waals surface area (Å²) >= 11 is 5.97. The Bertz CT molecular complexity index is 370. The molecule has 0 spiro atoms. The van der Waals surface area contributed by atoms with Gasteiger partial charge in [-0.05, 0) is 43.5 Å². The summed E-state index contributed by atoms with van der Waals surface area (Å²) in [6.07, 6.45) is 0. The zero-order valence-electron chi connectivity index (χ0n) is 7.81. The van der Waals surface area contributed by atoms with Crippen LogP contribution in [0.1, 0.15) is 27.0 Å². The maximum absolute atomic E-state index is 10.8. The van der Waals surface area contributed by atoms with Gasteiger partial charge >= 0.3 is 5.97 Å². The lowest BCUT2D eigenvalue weighted by Gasteiger charge is -2.09. The molecule has 70 valence electrons. The Kier molecular flexibility index (Phi) is 2.62. The standard InChI is InChI=1S/C10H11ClO2/c1-5-4-8(10(12)13)7(3)9(11)6(5)2/h4H,1-3H3,(H,12,13). The minimum atomic E-state index is -0.928. The summed E-state index contributed by atoms with van der Waals surface area (Å²) in [6.45, 7) is 5.46. The van der Waals surface area contributed by atoms with Gasteiger partial charge in [0.2, 0.25) is 0 Å². The highest BCUT2D eigenvalue weighted by Crippen LogP contribution is 2.26. The van der Waals surface area contributed by atoms with E-state index < -0.39 is 5.97 Å². The predicted octanol–water partition coefficient (Wildman–Crippen LogP) is 2.96. The van der Waals surface area contributed by atoms with Crippen molar-refractivity contribution in [1.29, 1.82) is 0 Å². The average molecular weight is 199 g/mol. The molecule has 0 aliphatic rings. The zero-order valence-corrected chi connectivity index (χ0v) is 8.57. The van der Waals surface area contributed by atoms with Crippen molar-refractivity contribution >= 4 is 17.6 Å². The highest BCUT2D eigenvalue weighted by molar-refractivity contribution is 6.32. The largest absolute Gasteiger partial charge is 0.478 e. The van der Waals surface area contributed by atoms with Crippen molar-refractivity contribution in [2.45, 2.75) is 20.8 Å². The lowest BCUT2D eigenvalue weighted by Crippen LogP contribution is -2.02. The molecule has 0 atom stereocenters. The minimum absolute atomic E-state index is 0.285. The van der Waals surface area contributed by atoms with Gasteiger partial charge in [0, 0.05) is 5.02 Å². The van der Waals surface area contributed by atoms with Crippen molar-refractivity contribution in [3.8, 4) is 0 Å². The van der Waals surface area contributed by atoms with Crippen LogP contribution in [0.2, 0.25) is 5.02 Å². The summed E-state index contributed by atoms with van der Waals surface area (Å²) in [5, 5.41) is 9.40. The quantitative estimate of drug-likeness (QED) is 0.754. The Morgan fingerprint density at radius 1 is 1.31 bits per heavy atom. The van der Waals surface area contributed by atoms with Crippen LogP contribution in [0.15, 0.2) is 6.07 Å². The Morgan fingerprint density at radius 2 is 1.85 bits per heavy atom. The third-order valence-corrected chi connectivity index (χ3v) is 2.81. The number of benzene rings is 1. The molecular weight excluding hydrogens is 188 g/mol. The molecule has 13 heavy (non-hydrogen) atoms. The van der Waals surface area contributed by atoms with E-state index in [4.69, 9.17) is 16.7 Å². The number of carboxylic acids is 1. The van der Waals surface area contributed by atoms with E-state index in [9.17, 15) is 4.79 Å². The number of rotatable bonds is 1. The lowest BCUT2D eigenvalue weighted by atomic mass is 10.0. The Morgan fingerprint density at radius 3 is 2.31 bits per heavy atom. The summed E-state index contributed by atoms with van der Waals surface area (Å²) in [5.74, 6) is -0.928. The van der Waals surface area contributed by atoms with Crippen LogP contribution in [0, 0.1) is 20.8 Å². The van der Waals surface area contributed by atoms with Crippen LogP contribution >= 0.6 is 11.6 Å². The van der Waals surface area contributed by atoms with Gasteiger partial charge in [-0.1, -0.05) is 11.6 Å². The first kappa shape index (κ1) is 10.1. The molecule has 0 amide bonds. The monoisotopic (exact) mass is 198 g/mol. The molecule has 0 unspecified atom stereocenters. The Balaban J connectivity index is 3.50. The van der Waals surface area contributed by atoms with Crippen LogP contribution in [-0.4, -0.2) is 11.1 Å². The maximum Gasteiger partial charge on any atom is 0.336 e. The van der Waals surface area contributed by atoms with E-state index in [-0.39, 0.29) is 5.56 Å². The van der Waals surface area contributed by atoms with Gasteiger partial charge in [0.25, 0.3) is 0 Å². The minimum Gasteiger partial charge on any atom is -0.478 e.